The first-order valence-electron chi connectivity index (χ1n) is 6.56. The van der Waals surface area contributed by atoms with Gasteiger partial charge in [-0.25, -0.2) is 4.98 Å². The van der Waals surface area contributed by atoms with Crippen LogP contribution in [0.3, 0.4) is 0 Å². The van der Waals surface area contributed by atoms with Crippen molar-refractivity contribution in [1.82, 2.24) is 15.2 Å². The Morgan fingerprint density at radius 3 is 2.89 bits per heavy atom. The van der Waals surface area contributed by atoms with E-state index in [9.17, 15) is 0 Å². The van der Waals surface area contributed by atoms with E-state index in [2.05, 4.69) is 41.2 Å². The van der Waals surface area contributed by atoms with E-state index in [0.717, 1.165) is 43.2 Å². The molecule has 1 aromatic heterocycles. The van der Waals surface area contributed by atoms with Crippen molar-refractivity contribution in [2.24, 2.45) is 0 Å². The first-order valence-corrected chi connectivity index (χ1v) is 6.56. The largest absolute Gasteiger partial charge is 0.439 e. The van der Waals surface area contributed by atoms with E-state index in [4.69, 9.17) is 4.42 Å². The predicted octanol–water partition coefficient (Wildman–Crippen LogP) is 2.10. The Labute approximate surface area is 107 Å². The van der Waals surface area contributed by atoms with Crippen molar-refractivity contribution < 1.29 is 4.42 Å². The molecular formula is C14H19N3O. The summed E-state index contributed by atoms with van der Waals surface area (Å²) in [6.07, 6.45) is 0. The summed E-state index contributed by atoms with van der Waals surface area (Å²) in [4.78, 5) is 7.03. The van der Waals surface area contributed by atoms with Gasteiger partial charge in [-0.05, 0) is 31.5 Å². The number of hydrogen-bond donors (Lipinski definition) is 1. The van der Waals surface area contributed by atoms with Gasteiger partial charge in [-0.15, -0.1) is 0 Å². The highest BCUT2D eigenvalue weighted by molar-refractivity contribution is 5.73. The molecule has 2 aromatic rings. The predicted molar refractivity (Wildman–Crippen MR) is 71.6 cm³/mol. The summed E-state index contributed by atoms with van der Waals surface area (Å²) in [7, 11) is 0. The second kappa shape index (κ2) is 4.71. The lowest BCUT2D eigenvalue weighted by Crippen LogP contribution is -2.44. The molecule has 0 amide bonds. The third-order valence-electron chi connectivity index (χ3n) is 3.62. The van der Waals surface area contributed by atoms with Gasteiger partial charge in [0.2, 0.25) is 5.89 Å². The topological polar surface area (TPSA) is 41.3 Å². The highest BCUT2D eigenvalue weighted by Gasteiger charge is 2.22. The Hall–Kier alpha value is -1.39. The van der Waals surface area contributed by atoms with Crippen LogP contribution in [0.2, 0.25) is 0 Å². The molecule has 1 aliphatic rings. The maximum absolute atomic E-state index is 5.86. The van der Waals surface area contributed by atoms with Crippen LogP contribution in [0.25, 0.3) is 11.1 Å². The third-order valence-corrected chi connectivity index (χ3v) is 3.62. The third kappa shape index (κ3) is 2.13. The average molecular weight is 245 g/mol. The molecule has 2 heterocycles. The van der Waals surface area contributed by atoms with E-state index in [1.54, 1.807) is 0 Å². The van der Waals surface area contributed by atoms with Crippen molar-refractivity contribution in [1.29, 1.82) is 0 Å². The minimum absolute atomic E-state index is 0.250. The quantitative estimate of drug-likeness (QED) is 0.879. The smallest absolute Gasteiger partial charge is 0.212 e. The molecule has 0 radical (unpaired) electrons. The molecule has 0 bridgehead atoms. The highest BCUT2D eigenvalue weighted by atomic mass is 16.3. The summed E-state index contributed by atoms with van der Waals surface area (Å²) < 4.78 is 5.86. The number of aromatic nitrogens is 1. The lowest BCUT2D eigenvalue weighted by molar-refractivity contribution is 0.164. The van der Waals surface area contributed by atoms with Crippen molar-refractivity contribution in [3.05, 3.63) is 29.7 Å². The van der Waals surface area contributed by atoms with Crippen molar-refractivity contribution in [2.45, 2.75) is 19.9 Å². The van der Waals surface area contributed by atoms with Gasteiger partial charge in [0, 0.05) is 26.2 Å². The summed E-state index contributed by atoms with van der Waals surface area (Å²) in [5, 5.41) is 3.36. The minimum atomic E-state index is 0.250. The van der Waals surface area contributed by atoms with Gasteiger partial charge in [0.25, 0.3) is 0 Å². The molecule has 4 nitrogen and oxygen atoms in total. The van der Waals surface area contributed by atoms with E-state index in [1.807, 2.05) is 6.07 Å². The average Bonchev–Trinajstić information content (AvgIpc) is 2.81. The van der Waals surface area contributed by atoms with Gasteiger partial charge in [0.05, 0.1) is 6.04 Å². The molecule has 1 unspecified atom stereocenters. The summed E-state index contributed by atoms with van der Waals surface area (Å²) >= 11 is 0. The van der Waals surface area contributed by atoms with Crippen molar-refractivity contribution >= 4 is 11.1 Å². The van der Waals surface area contributed by atoms with Crippen LogP contribution in [0.5, 0.6) is 0 Å². The van der Waals surface area contributed by atoms with Gasteiger partial charge in [-0.2, -0.15) is 0 Å². The van der Waals surface area contributed by atoms with Gasteiger partial charge in [-0.3, -0.25) is 4.90 Å². The molecule has 1 saturated heterocycles. The van der Waals surface area contributed by atoms with E-state index in [-0.39, 0.29) is 6.04 Å². The van der Waals surface area contributed by atoms with Crippen LogP contribution in [0, 0.1) is 6.92 Å². The number of nitrogens with one attached hydrogen (secondary N) is 1. The zero-order valence-electron chi connectivity index (χ0n) is 10.9. The zero-order chi connectivity index (χ0) is 12.5. The van der Waals surface area contributed by atoms with Crippen LogP contribution in [0.1, 0.15) is 24.4 Å². The standard InChI is InChI=1S/C14H19N3O/c1-10-3-4-13-12(9-10)16-14(18-13)11(2)17-7-5-15-6-8-17/h3-4,9,11,15H,5-8H2,1-2H3. The molecule has 3 rings (SSSR count). The van der Waals surface area contributed by atoms with E-state index in [1.165, 1.54) is 5.56 Å². The van der Waals surface area contributed by atoms with Crippen molar-refractivity contribution in [3.8, 4) is 0 Å². The van der Waals surface area contributed by atoms with Crippen LogP contribution in [0.15, 0.2) is 22.6 Å². The van der Waals surface area contributed by atoms with E-state index < -0.39 is 0 Å². The molecule has 0 saturated carbocycles. The lowest BCUT2D eigenvalue weighted by atomic mass is 10.2. The summed E-state index contributed by atoms with van der Waals surface area (Å²) in [5.74, 6) is 0.831. The fourth-order valence-electron chi connectivity index (χ4n) is 2.46. The molecule has 1 aliphatic heterocycles. The van der Waals surface area contributed by atoms with Gasteiger partial charge in [-0.1, -0.05) is 6.07 Å². The SMILES string of the molecule is Cc1ccc2oc(C(C)N3CCNCC3)nc2c1. The molecule has 1 aromatic carbocycles. The normalized spacial score (nSPS) is 19.2. The lowest BCUT2D eigenvalue weighted by Gasteiger charge is -2.30. The molecular weight excluding hydrogens is 226 g/mol. The molecule has 1 atom stereocenters. The number of oxazole rings is 1. The summed E-state index contributed by atoms with van der Waals surface area (Å²) in [6, 6.07) is 6.39. The Bertz CT molecular complexity index is 543. The van der Waals surface area contributed by atoms with Gasteiger partial charge < -0.3 is 9.73 Å². The molecule has 1 N–H and O–H groups in total. The molecule has 0 spiro atoms. The Morgan fingerprint density at radius 1 is 1.33 bits per heavy atom. The van der Waals surface area contributed by atoms with Crippen LogP contribution >= 0.6 is 0 Å². The fourth-order valence-corrected chi connectivity index (χ4v) is 2.46. The number of fused-ring (bicyclic) bond motifs is 1. The summed E-state index contributed by atoms with van der Waals surface area (Å²) in [6.45, 7) is 8.45. The number of nitrogens with zero attached hydrogens (tertiary/aromatic N) is 2. The Balaban J connectivity index is 1.88. The van der Waals surface area contributed by atoms with Crippen LogP contribution < -0.4 is 5.32 Å². The number of piperazine rings is 1. The van der Waals surface area contributed by atoms with Gasteiger partial charge >= 0.3 is 0 Å². The highest BCUT2D eigenvalue weighted by Crippen LogP contribution is 2.24. The fraction of sp³-hybridized carbons (Fsp3) is 0.500. The monoisotopic (exact) mass is 245 g/mol. The molecule has 1 fully saturated rings. The van der Waals surface area contributed by atoms with Crippen LogP contribution in [-0.2, 0) is 0 Å². The maximum atomic E-state index is 5.86. The Kier molecular flexibility index (Phi) is 3.06. The number of hydrogen-bond acceptors (Lipinski definition) is 4. The second-order valence-electron chi connectivity index (χ2n) is 4.99. The van der Waals surface area contributed by atoms with E-state index in [0.29, 0.717) is 0 Å². The Morgan fingerprint density at radius 2 is 2.11 bits per heavy atom. The maximum Gasteiger partial charge on any atom is 0.212 e. The molecule has 96 valence electrons. The number of benzene rings is 1. The number of aryl methyl sites for hydroxylation is 1. The van der Waals surface area contributed by atoms with Crippen molar-refractivity contribution in [2.75, 3.05) is 26.2 Å². The van der Waals surface area contributed by atoms with Crippen LogP contribution in [0.4, 0.5) is 0 Å². The first-order chi connectivity index (χ1) is 8.74. The number of rotatable bonds is 2. The van der Waals surface area contributed by atoms with E-state index >= 15 is 0 Å². The minimum Gasteiger partial charge on any atom is -0.439 e. The van der Waals surface area contributed by atoms with Crippen molar-refractivity contribution in [3.63, 3.8) is 0 Å². The van der Waals surface area contributed by atoms with Gasteiger partial charge in [0.15, 0.2) is 5.58 Å². The molecule has 18 heavy (non-hydrogen) atoms. The summed E-state index contributed by atoms with van der Waals surface area (Å²) in [5.41, 5.74) is 3.07. The molecule has 4 heteroatoms. The first kappa shape index (κ1) is 11.7. The van der Waals surface area contributed by atoms with Gasteiger partial charge in [0.1, 0.15) is 5.52 Å². The molecule has 0 aliphatic carbocycles. The van der Waals surface area contributed by atoms with Crippen LogP contribution in [-0.4, -0.2) is 36.1 Å². The second-order valence-corrected chi connectivity index (χ2v) is 4.99. The zero-order valence-corrected chi connectivity index (χ0v) is 10.9.